The second-order valence-corrected chi connectivity index (χ2v) is 5.73. The molecule has 0 spiro atoms. The van der Waals surface area contributed by atoms with Crippen LogP contribution in [0.15, 0.2) is 6.33 Å². The molecule has 1 saturated heterocycles. The minimum Gasteiger partial charge on any atom is -0.370 e. The third-order valence-electron chi connectivity index (χ3n) is 4.29. The van der Waals surface area contributed by atoms with Crippen LogP contribution in [0.4, 0.5) is 11.6 Å². The fourth-order valence-corrected chi connectivity index (χ4v) is 3.05. The first-order valence-electron chi connectivity index (χ1n) is 8.27. The zero-order valence-corrected chi connectivity index (χ0v) is 13.9. The van der Waals surface area contributed by atoms with Crippen LogP contribution >= 0.6 is 0 Å². The summed E-state index contributed by atoms with van der Waals surface area (Å²) in [6, 6.07) is 0.579. The predicted molar refractivity (Wildman–Crippen MR) is 89.1 cm³/mol. The van der Waals surface area contributed by atoms with Gasteiger partial charge in [0.05, 0.1) is 0 Å². The molecule has 1 atom stereocenters. The van der Waals surface area contributed by atoms with Gasteiger partial charge in [0.25, 0.3) is 0 Å². The highest BCUT2D eigenvalue weighted by molar-refractivity contribution is 5.59. The van der Waals surface area contributed by atoms with E-state index in [0.717, 1.165) is 57.2 Å². The molecular formula is C16H29N5. The summed E-state index contributed by atoms with van der Waals surface area (Å²) in [6.45, 7) is 14.2. The van der Waals surface area contributed by atoms with Crippen LogP contribution in [0.25, 0.3) is 0 Å². The van der Waals surface area contributed by atoms with Crippen LogP contribution in [0.3, 0.4) is 0 Å². The van der Waals surface area contributed by atoms with Crippen LogP contribution in [-0.2, 0) is 6.42 Å². The molecule has 2 heterocycles. The van der Waals surface area contributed by atoms with E-state index in [0.29, 0.717) is 6.04 Å². The lowest BCUT2D eigenvalue weighted by Crippen LogP contribution is -2.52. The number of nitrogens with zero attached hydrogens (tertiary/aromatic N) is 4. The van der Waals surface area contributed by atoms with Gasteiger partial charge >= 0.3 is 0 Å². The van der Waals surface area contributed by atoms with Gasteiger partial charge in [-0.2, -0.15) is 0 Å². The number of likely N-dealkylation sites (N-methyl/N-ethyl adjacent to an activating group) is 1. The largest absolute Gasteiger partial charge is 0.370 e. The average molecular weight is 291 g/mol. The van der Waals surface area contributed by atoms with Crippen LogP contribution in [0, 0.1) is 0 Å². The van der Waals surface area contributed by atoms with Crippen LogP contribution in [0.2, 0.25) is 0 Å². The summed E-state index contributed by atoms with van der Waals surface area (Å²) in [5, 5.41) is 3.44. The molecule has 1 aliphatic heterocycles. The Morgan fingerprint density at radius 3 is 2.67 bits per heavy atom. The van der Waals surface area contributed by atoms with Crippen molar-refractivity contribution in [3.05, 3.63) is 11.9 Å². The van der Waals surface area contributed by atoms with E-state index in [1.54, 1.807) is 6.33 Å². The summed E-state index contributed by atoms with van der Waals surface area (Å²) < 4.78 is 0. The molecule has 1 aromatic heterocycles. The van der Waals surface area contributed by atoms with Crippen molar-refractivity contribution in [3.8, 4) is 0 Å². The molecule has 1 N–H and O–H groups in total. The molecular weight excluding hydrogens is 262 g/mol. The van der Waals surface area contributed by atoms with Crippen molar-refractivity contribution in [1.82, 2.24) is 14.9 Å². The monoisotopic (exact) mass is 291 g/mol. The fourth-order valence-electron chi connectivity index (χ4n) is 3.05. The molecule has 5 heteroatoms. The van der Waals surface area contributed by atoms with Crippen LogP contribution in [-0.4, -0.2) is 53.6 Å². The van der Waals surface area contributed by atoms with Crippen molar-refractivity contribution in [2.24, 2.45) is 0 Å². The number of rotatable bonds is 6. The third kappa shape index (κ3) is 3.64. The molecule has 1 unspecified atom stereocenters. The summed E-state index contributed by atoms with van der Waals surface area (Å²) in [4.78, 5) is 14.0. The number of aromatic nitrogens is 2. The lowest BCUT2D eigenvalue weighted by molar-refractivity contribution is 0.199. The molecule has 0 bridgehead atoms. The number of nitrogens with one attached hydrogen (secondary N) is 1. The van der Waals surface area contributed by atoms with E-state index in [2.05, 4.69) is 52.8 Å². The van der Waals surface area contributed by atoms with Crippen molar-refractivity contribution >= 4 is 11.6 Å². The Bertz CT molecular complexity index is 448. The lowest BCUT2D eigenvalue weighted by Gasteiger charge is -2.40. The Kier molecular flexibility index (Phi) is 5.79. The molecule has 0 amide bonds. The average Bonchev–Trinajstić information content (AvgIpc) is 2.52. The van der Waals surface area contributed by atoms with Crippen molar-refractivity contribution in [3.63, 3.8) is 0 Å². The van der Waals surface area contributed by atoms with E-state index in [4.69, 9.17) is 0 Å². The first-order chi connectivity index (χ1) is 10.2. The van der Waals surface area contributed by atoms with E-state index in [1.165, 1.54) is 5.56 Å². The summed E-state index contributed by atoms with van der Waals surface area (Å²) >= 11 is 0. The SMILES string of the molecule is CCCNc1ncnc(N2CCN(CC)C(C)C2)c1CC. The maximum Gasteiger partial charge on any atom is 0.137 e. The summed E-state index contributed by atoms with van der Waals surface area (Å²) in [5.41, 5.74) is 1.25. The van der Waals surface area contributed by atoms with Crippen molar-refractivity contribution < 1.29 is 0 Å². The Labute approximate surface area is 128 Å². The minimum atomic E-state index is 0.579. The van der Waals surface area contributed by atoms with Crippen LogP contribution in [0.1, 0.15) is 39.7 Å². The van der Waals surface area contributed by atoms with Crippen molar-refractivity contribution in [2.75, 3.05) is 42.9 Å². The Hall–Kier alpha value is -1.36. The molecule has 0 radical (unpaired) electrons. The van der Waals surface area contributed by atoms with E-state index in [9.17, 15) is 0 Å². The summed E-state index contributed by atoms with van der Waals surface area (Å²) in [5.74, 6) is 2.13. The summed E-state index contributed by atoms with van der Waals surface area (Å²) in [6.07, 6.45) is 3.77. The van der Waals surface area contributed by atoms with Gasteiger partial charge in [-0.3, -0.25) is 4.90 Å². The van der Waals surface area contributed by atoms with Crippen molar-refractivity contribution in [2.45, 2.75) is 46.6 Å². The molecule has 5 nitrogen and oxygen atoms in total. The van der Waals surface area contributed by atoms with Crippen LogP contribution in [0.5, 0.6) is 0 Å². The number of hydrogen-bond acceptors (Lipinski definition) is 5. The van der Waals surface area contributed by atoms with Gasteiger partial charge in [-0.25, -0.2) is 9.97 Å². The smallest absolute Gasteiger partial charge is 0.137 e. The Morgan fingerprint density at radius 1 is 1.24 bits per heavy atom. The van der Waals surface area contributed by atoms with Crippen molar-refractivity contribution in [1.29, 1.82) is 0 Å². The fraction of sp³-hybridized carbons (Fsp3) is 0.750. The quantitative estimate of drug-likeness (QED) is 0.872. The number of anilines is 2. The van der Waals surface area contributed by atoms with Gasteiger partial charge in [0.15, 0.2) is 0 Å². The highest BCUT2D eigenvalue weighted by atomic mass is 15.3. The first-order valence-corrected chi connectivity index (χ1v) is 8.27. The Balaban J connectivity index is 2.19. The predicted octanol–water partition coefficient (Wildman–Crippen LogP) is 2.39. The number of hydrogen-bond donors (Lipinski definition) is 1. The zero-order chi connectivity index (χ0) is 15.2. The molecule has 118 valence electrons. The molecule has 0 aliphatic carbocycles. The maximum absolute atomic E-state index is 4.58. The van der Waals surface area contributed by atoms with E-state index in [-0.39, 0.29) is 0 Å². The van der Waals surface area contributed by atoms with Crippen LogP contribution < -0.4 is 10.2 Å². The lowest BCUT2D eigenvalue weighted by atomic mass is 10.1. The normalized spacial score (nSPS) is 19.8. The van der Waals surface area contributed by atoms with E-state index >= 15 is 0 Å². The Morgan fingerprint density at radius 2 is 2.05 bits per heavy atom. The second kappa shape index (κ2) is 7.59. The first kappa shape index (κ1) is 16.0. The summed E-state index contributed by atoms with van der Waals surface area (Å²) in [7, 11) is 0. The van der Waals surface area contributed by atoms with Gasteiger partial charge in [-0.15, -0.1) is 0 Å². The highest BCUT2D eigenvalue weighted by Crippen LogP contribution is 2.26. The molecule has 0 aromatic carbocycles. The molecule has 1 aromatic rings. The second-order valence-electron chi connectivity index (χ2n) is 5.73. The standard InChI is InChI=1S/C16H29N5/c1-5-8-17-15-14(6-2)16(19-12-18-15)21-10-9-20(7-3)13(4)11-21/h12-13H,5-11H2,1-4H3,(H,17,18,19). The molecule has 0 saturated carbocycles. The highest BCUT2D eigenvalue weighted by Gasteiger charge is 2.25. The zero-order valence-electron chi connectivity index (χ0n) is 13.9. The minimum absolute atomic E-state index is 0.579. The molecule has 1 fully saturated rings. The van der Waals surface area contributed by atoms with Gasteiger partial charge < -0.3 is 10.2 Å². The molecule has 1 aliphatic rings. The van der Waals surface area contributed by atoms with Gasteiger partial charge in [-0.1, -0.05) is 20.8 Å². The molecule has 21 heavy (non-hydrogen) atoms. The van der Waals surface area contributed by atoms with E-state index < -0.39 is 0 Å². The van der Waals surface area contributed by atoms with Gasteiger partial charge in [-0.05, 0) is 26.3 Å². The topological polar surface area (TPSA) is 44.3 Å². The third-order valence-corrected chi connectivity index (χ3v) is 4.29. The van der Waals surface area contributed by atoms with Gasteiger partial charge in [0.2, 0.25) is 0 Å². The van der Waals surface area contributed by atoms with E-state index in [1.807, 2.05) is 0 Å². The maximum atomic E-state index is 4.58. The number of piperazine rings is 1. The van der Waals surface area contributed by atoms with Gasteiger partial charge in [0.1, 0.15) is 18.0 Å². The van der Waals surface area contributed by atoms with Gasteiger partial charge in [0, 0.05) is 37.8 Å². The molecule has 2 rings (SSSR count).